The minimum Gasteiger partial charge on any atom is -0.271 e. The average Bonchev–Trinajstić information content (AvgIpc) is 2.81. The van der Waals surface area contributed by atoms with Gasteiger partial charge in [-0.3, -0.25) is 16.0 Å². The quantitative estimate of drug-likeness (QED) is 0.629. The molecule has 3 N–H and O–H groups in total. The third-order valence-electron chi connectivity index (χ3n) is 3.49. The van der Waals surface area contributed by atoms with Crippen LogP contribution in [-0.4, -0.2) is 9.78 Å². The second-order valence-corrected chi connectivity index (χ2v) is 5.50. The lowest BCUT2D eigenvalue weighted by atomic mass is 10.0. The molecule has 0 aliphatic heterocycles. The summed E-state index contributed by atoms with van der Waals surface area (Å²) in [6.45, 7) is 5.09. The summed E-state index contributed by atoms with van der Waals surface area (Å²) in [5, 5.41) is 4.63. The number of halogens is 1. The highest BCUT2D eigenvalue weighted by Crippen LogP contribution is 2.27. The molecule has 0 radical (unpaired) electrons. The molecule has 1 unspecified atom stereocenters. The Morgan fingerprint density at radius 2 is 2.00 bits per heavy atom. The molecule has 0 bridgehead atoms. The van der Waals surface area contributed by atoms with Crippen LogP contribution in [0.1, 0.15) is 36.8 Å². The third-order valence-corrected chi connectivity index (χ3v) is 4.41. The fourth-order valence-electron chi connectivity index (χ4n) is 2.36. The first-order chi connectivity index (χ1) is 9.71. The van der Waals surface area contributed by atoms with Gasteiger partial charge < -0.3 is 0 Å². The minimum absolute atomic E-state index is 0.0826. The first kappa shape index (κ1) is 15.2. The van der Waals surface area contributed by atoms with Gasteiger partial charge in [-0.25, -0.2) is 0 Å². The van der Waals surface area contributed by atoms with E-state index in [0.717, 1.165) is 29.6 Å². The maximum Gasteiger partial charge on any atom is 0.0766 e. The minimum atomic E-state index is 0.0826. The van der Waals surface area contributed by atoms with Crippen LogP contribution < -0.4 is 11.3 Å². The van der Waals surface area contributed by atoms with E-state index in [-0.39, 0.29) is 6.04 Å². The SMILES string of the molecule is CCc1nn(CC)c(CC(NN)c2ccccc2)c1Br. The predicted molar refractivity (Wildman–Crippen MR) is 85.2 cm³/mol. The summed E-state index contributed by atoms with van der Waals surface area (Å²) in [4.78, 5) is 0. The molecule has 20 heavy (non-hydrogen) atoms. The zero-order valence-corrected chi connectivity index (χ0v) is 13.5. The van der Waals surface area contributed by atoms with Crippen LogP contribution in [0.3, 0.4) is 0 Å². The maximum absolute atomic E-state index is 5.74. The largest absolute Gasteiger partial charge is 0.271 e. The molecule has 1 aromatic carbocycles. The highest BCUT2D eigenvalue weighted by molar-refractivity contribution is 9.10. The summed E-state index contributed by atoms with van der Waals surface area (Å²) in [7, 11) is 0. The summed E-state index contributed by atoms with van der Waals surface area (Å²) >= 11 is 3.68. The predicted octanol–water partition coefficient (Wildman–Crippen LogP) is 2.98. The molecule has 0 aliphatic rings. The molecule has 1 heterocycles. The van der Waals surface area contributed by atoms with Crippen molar-refractivity contribution in [1.82, 2.24) is 15.2 Å². The van der Waals surface area contributed by atoms with E-state index in [1.807, 2.05) is 18.2 Å². The number of benzene rings is 1. The fourth-order valence-corrected chi connectivity index (χ4v) is 3.09. The maximum atomic E-state index is 5.74. The second-order valence-electron chi connectivity index (χ2n) is 4.71. The van der Waals surface area contributed by atoms with Crippen LogP contribution >= 0.6 is 15.9 Å². The van der Waals surface area contributed by atoms with Crippen LogP contribution in [0.2, 0.25) is 0 Å². The molecule has 0 spiro atoms. The first-order valence-corrected chi connectivity index (χ1v) is 7.75. The van der Waals surface area contributed by atoms with E-state index in [4.69, 9.17) is 5.84 Å². The van der Waals surface area contributed by atoms with E-state index in [2.05, 4.69) is 57.1 Å². The lowest BCUT2D eigenvalue weighted by Gasteiger charge is -2.17. The van der Waals surface area contributed by atoms with Gasteiger partial charge in [0.25, 0.3) is 0 Å². The highest BCUT2D eigenvalue weighted by atomic mass is 79.9. The first-order valence-electron chi connectivity index (χ1n) is 6.96. The lowest BCUT2D eigenvalue weighted by Crippen LogP contribution is -2.30. The monoisotopic (exact) mass is 336 g/mol. The van der Waals surface area contributed by atoms with Crippen molar-refractivity contribution in [2.24, 2.45) is 5.84 Å². The van der Waals surface area contributed by atoms with Gasteiger partial charge in [0, 0.05) is 13.0 Å². The van der Waals surface area contributed by atoms with Crippen molar-refractivity contribution in [3.05, 3.63) is 51.8 Å². The average molecular weight is 337 g/mol. The number of nitrogens with zero attached hydrogens (tertiary/aromatic N) is 2. The summed E-state index contributed by atoms with van der Waals surface area (Å²) in [6.07, 6.45) is 1.73. The fraction of sp³-hybridized carbons (Fsp3) is 0.400. The number of hydrogen-bond donors (Lipinski definition) is 2. The van der Waals surface area contributed by atoms with E-state index in [1.165, 1.54) is 11.3 Å². The Morgan fingerprint density at radius 3 is 2.55 bits per heavy atom. The molecule has 0 amide bonds. The molecule has 1 aromatic heterocycles. The van der Waals surface area contributed by atoms with Crippen molar-refractivity contribution in [2.75, 3.05) is 0 Å². The molecular weight excluding hydrogens is 316 g/mol. The molecule has 0 saturated carbocycles. The zero-order valence-electron chi connectivity index (χ0n) is 11.9. The van der Waals surface area contributed by atoms with Crippen molar-refractivity contribution in [1.29, 1.82) is 0 Å². The van der Waals surface area contributed by atoms with E-state index < -0.39 is 0 Å². The summed E-state index contributed by atoms with van der Waals surface area (Å²) < 4.78 is 3.16. The highest BCUT2D eigenvalue weighted by Gasteiger charge is 2.18. The standard InChI is InChI=1S/C15H21BrN4/c1-3-12-15(16)14(20(4-2)19-12)10-13(18-17)11-8-6-5-7-9-11/h5-9,13,18H,3-4,10,17H2,1-2H3. The van der Waals surface area contributed by atoms with Gasteiger partial charge in [-0.1, -0.05) is 37.3 Å². The lowest BCUT2D eigenvalue weighted by molar-refractivity contribution is 0.515. The molecule has 0 saturated heterocycles. The van der Waals surface area contributed by atoms with Gasteiger partial charge in [0.2, 0.25) is 0 Å². The Kier molecular flexibility index (Phi) is 5.34. The van der Waals surface area contributed by atoms with Crippen molar-refractivity contribution >= 4 is 15.9 Å². The summed E-state index contributed by atoms with van der Waals surface area (Å²) in [5.41, 5.74) is 6.39. The van der Waals surface area contributed by atoms with Crippen molar-refractivity contribution in [2.45, 2.75) is 39.3 Å². The number of aryl methyl sites for hydroxylation is 2. The summed E-state index contributed by atoms with van der Waals surface area (Å²) in [5.74, 6) is 5.74. The van der Waals surface area contributed by atoms with Crippen LogP contribution in [-0.2, 0) is 19.4 Å². The van der Waals surface area contributed by atoms with Gasteiger partial charge in [-0.15, -0.1) is 0 Å². The van der Waals surface area contributed by atoms with Gasteiger partial charge in [0.05, 0.1) is 21.9 Å². The Balaban J connectivity index is 2.30. The zero-order chi connectivity index (χ0) is 14.5. The summed E-state index contributed by atoms with van der Waals surface area (Å²) in [6, 6.07) is 10.3. The van der Waals surface area contributed by atoms with Gasteiger partial charge in [-0.2, -0.15) is 5.10 Å². The number of aromatic nitrogens is 2. The van der Waals surface area contributed by atoms with Crippen LogP contribution in [0, 0.1) is 0 Å². The van der Waals surface area contributed by atoms with Crippen molar-refractivity contribution in [3.8, 4) is 0 Å². The molecule has 5 heteroatoms. The Labute approximate surface area is 128 Å². The number of hydrazine groups is 1. The van der Waals surface area contributed by atoms with Crippen LogP contribution in [0.4, 0.5) is 0 Å². The molecule has 4 nitrogen and oxygen atoms in total. The van der Waals surface area contributed by atoms with Gasteiger partial charge in [0.15, 0.2) is 0 Å². The van der Waals surface area contributed by atoms with E-state index in [0.29, 0.717) is 0 Å². The van der Waals surface area contributed by atoms with Crippen LogP contribution in [0.5, 0.6) is 0 Å². The third kappa shape index (κ3) is 3.11. The Hall–Kier alpha value is -1.17. The number of nitrogens with two attached hydrogens (primary N) is 1. The Bertz CT molecular complexity index is 551. The second kappa shape index (κ2) is 7.02. The van der Waals surface area contributed by atoms with E-state index in [9.17, 15) is 0 Å². The normalized spacial score (nSPS) is 12.6. The smallest absolute Gasteiger partial charge is 0.0766 e. The van der Waals surface area contributed by atoms with Crippen molar-refractivity contribution < 1.29 is 0 Å². The molecule has 108 valence electrons. The number of rotatable bonds is 6. The van der Waals surface area contributed by atoms with Gasteiger partial charge in [-0.05, 0) is 34.8 Å². The van der Waals surface area contributed by atoms with Crippen LogP contribution in [0.25, 0.3) is 0 Å². The van der Waals surface area contributed by atoms with Gasteiger partial charge >= 0.3 is 0 Å². The number of nitrogens with one attached hydrogen (secondary N) is 1. The number of hydrogen-bond acceptors (Lipinski definition) is 3. The Morgan fingerprint density at radius 1 is 1.30 bits per heavy atom. The van der Waals surface area contributed by atoms with Crippen molar-refractivity contribution in [3.63, 3.8) is 0 Å². The molecule has 0 aliphatic carbocycles. The van der Waals surface area contributed by atoms with Crippen LogP contribution in [0.15, 0.2) is 34.8 Å². The molecule has 0 fully saturated rings. The van der Waals surface area contributed by atoms with E-state index >= 15 is 0 Å². The molecular formula is C15H21BrN4. The topological polar surface area (TPSA) is 55.9 Å². The van der Waals surface area contributed by atoms with Gasteiger partial charge in [0.1, 0.15) is 0 Å². The molecule has 2 rings (SSSR count). The molecule has 1 atom stereocenters. The molecule has 2 aromatic rings. The van der Waals surface area contributed by atoms with E-state index in [1.54, 1.807) is 0 Å².